The van der Waals surface area contributed by atoms with E-state index >= 15 is 0 Å². The molecule has 0 aliphatic carbocycles. The molecule has 1 aliphatic heterocycles. The minimum Gasteiger partial charge on any atom is -0.444 e. The van der Waals surface area contributed by atoms with Gasteiger partial charge in [0, 0.05) is 30.1 Å². The number of halogens is 1. The van der Waals surface area contributed by atoms with E-state index in [0.29, 0.717) is 38.2 Å². The number of benzene rings is 1. The zero-order valence-electron chi connectivity index (χ0n) is 18.8. The van der Waals surface area contributed by atoms with Gasteiger partial charge in [0.05, 0.1) is 25.7 Å². The summed E-state index contributed by atoms with van der Waals surface area (Å²) < 4.78 is 8.34. The molecule has 174 valence electrons. The molecule has 8 nitrogen and oxygen atoms in total. The third kappa shape index (κ3) is 6.10. The van der Waals surface area contributed by atoms with Gasteiger partial charge in [-0.15, -0.1) is 0 Å². The summed E-state index contributed by atoms with van der Waals surface area (Å²) in [6.45, 7) is 7.13. The van der Waals surface area contributed by atoms with Crippen molar-refractivity contribution >= 4 is 27.9 Å². The normalized spacial score (nSPS) is 15.0. The number of hydrogen-bond acceptors (Lipinski definition) is 5. The number of imidazole rings is 1. The Kier molecular flexibility index (Phi) is 7.95. The van der Waals surface area contributed by atoms with Gasteiger partial charge in [0.1, 0.15) is 11.3 Å². The summed E-state index contributed by atoms with van der Waals surface area (Å²) in [5.41, 5.74) is 1.00. The topological polar surface area (TPSA) is 87.9 Å². The number of hydrogen-bond donors (Lipinski definition) is 1. The van der Waals surface area contributed by atoms with Crippen LogP contribution in [0.4, 0.5) is 4.79 Å². The highest BCUT2D eigenvalue weighted by molar-refractivity contribution is 9.10. The molecule has 0 bridgehead atoms. The number of ether oxygens (including phenoxy) is 1. The van der Waals surface area contributed by atoms with E-state index in [1.54, 1.807) is 22.3 Å². The van der Waals surface area contributed by atoms with E-state index in [2.05, 4.69) is 20.9 Å². The number of aromatic nitrogens is 2. The van der Waals surface area contributed by atoms with Crippen molar-refractivity contribution in [1.82, 2.24) is 19.4 Å². The first-order valence-electron chi connectivity index (χ1n) is 10.8. The molecule has 1 saturated heterocycles. The quantitative estimate of drug-likeness (QED) is 0.647. The molecular weight excluding hydrogens is 476 g/mol. The lowest BCUT2D eigenvalue weighted by Gasteiger charge is -2.38. The minimum atomic E-state index is -0.604. The van der Waals surface area contributed by atoms with Crippen molar-refractivity contribution in [2.75, 3.05) is 26.2 Å². The van der Waals surface area contributed by atoms with Crippen molar-refractivity contribution in [2.45, 2.75) is 51.8 Å². The molecule has 2 amide bonds. The van der Waals surface area contributed by atoms with Crippen molar-refractivity contribution in [2.24, 2.45) is 0 Å². The smallest absolute Gasteiger partial charge is 0.410 e. The van der Waals surface area contributed by atoms with Crippen LogP contribution in [0.25, 0.3) is 0 Å². The number of carbonyl (C=O) groups excluding carboxylic acids is 2. The third-order valence-electron chi connectivity index (χ3n) is 5.39. The van der Waals surface area contributed by atoms with Crippen molar-refractivity contribution in [3.63, 3.8) is 0 Å². The summed E-state index contributed by atoms with van der Waals surface area (Å²) in [4.78, 5) is 33.4. The van der Waals surface area contributed by atoms with E-state index in [1.165, 1.54) is 0 Å². The second-order valence-electron chi connectivity index (χ2n) is 8.92. The Bertz CT molecular complexity index is 932. The highest BCUT2D eigenvalue weighted by Gasteiger charge is 2.32. The maximum Gasteiger partial charge on any atom is 0.410 e. The summed E-state index contributed by atoms with van der Waals surface area (Å²) in [6, 6.07) is 7.82. The largest absolute Gasteiger partial charge is 0.444 e. The predicted octanol–water partition coefficient (Wildman–Crippen LogP) is 3.53. The molecule has 0 atom stereocenters. The van der Waals surface area contributed by atoms with Gasteiger partial charge in [-0.3, -0.25) is 4.79 Å². The Labute approximate surface area is 197 Å². The van der Waals surface area contributed by atoms with Gasteiger partial charge in [0.2, 0.25) is 0 Å². The molecule has 1 fully saturated rings. The van der Waals surface area contributed by atoms with Crippen LogP contribution in [0.3, 0.4) is 0 Å². The molecule has 2 heterocycles. The average Bonchev–Trinajstić information content (AvgIpc) is 3.20. The standard InChI is InChI=1S/C23H31BrN4O4/c1-23(2,3)32-22(31)28(12-13-29)18-8-10-26(11-9-18)21(30)20-14-25-16-27(20)15-17-6-4-5-7-19(17)24/h4-7,14,16,18,29H,8-13,15H2,1-3H3. The van der Waals surface area contributed by atoms with Gasteiger partial charge in [-0.05, 0) is 45.2 Å². The zero-order valence-corrected chi connectivity index (χ0v) is 20.4. The number of carbonyl (C=O) groups is 2. The molecule has 1 aromatic carbocycles. The highest BCUT2D eigenvalue weighted by Crippen LogP contribution is 2.22. The molecule has 0 unspecified atom stereocenters. The molecule has 0 spiro atoms. The van der Waals surface area contributed by atoms with Crippen LogP contribution in [-0.2, 0) is 11.3 Å². The summed E-state index contributed by atoms with van der Waals surface area (Å²) in [5.74, 6) is -0.0704. The molecule has 1 aliphatic rings. The number of aliphatic hydroxyl groups is 1. The lowest BCUT2D eigenvalue weighted by Crippen LogP contribution is -2.51. The minimum absolute atomic E-state index is 0.0704. The van der Waals surface area contributed by atoms with Gasteiger partial charge in [-0.25, -0.2) is 9.78 Å². The fourth-order valence-corrected chi connectivity index (χ4v) is 4.24. The maximum absolute atomic E-state index is 13.2. The number of rotatable bonds is 6. The van der Waals surface area contributed by atoms with Crippen LogP contribution in [0.15, 0.2) is 41.3 Å². The molecule has 9 heteroatoms. The van der Waals surface area contributed by atoms with Gasteiger partial charge in [-0.1, -0.05) is 34.1 Å². The average molecular weight is 507 g/mol. The second-order valence-corrected chi connectivity index (χ2v) is 9.77. The Hall–Kier alpha value is -2.39. The fraction of sp³-hybridized carbons (Fsp3) is 0.522. The van der Waals surface area contributed by atoms with E-state index in [0.717, 1.165) is 10.0 Å². The van der Waals surface area contributed by atoms with Crippen LogP contribution in [0.2, 0.25) is 0 Å². The van der Waals surface area contributed by atoms with E-state index in [9.17, 15) is 14.7 Å². The van der Waals surface area contributed by atoms with E-state index in [1.807, 2.05) is 49.6 Å². The number of amides is 2. The Balaban J connectivity index is 1.64. The molecule has 0 saturated carbocycles. The van der Waals surface area contributed by atoms with E-state index in [-0.39, 0.29) is 25.1 Å². The van der Waals surface area contributed by atoms with Crippen LogP contribution in [-0.4, -0.2) is 74.3 Å². The Morgan fingerprint density at radius 2 is 1.94 bits per heavy atom. The zero-order chi connectivity index (χ0) is 23.3. The van der Waals surface area contributed by atoms with Crippen LogP contribution in [0.1, 0.15) is 49.7 Å². The first-order valence-corrected chi connectivity index (χ1v) is 11.6. The maximum atomic E-state index is 13.2. The van der Waals surface area contributed by atoms with Crippen molar-refractivity contribution < 1.29 is 19.4 Å². The first-order chi connectivity index (χ1) is 15.2. The van der Waals surface area contributed by atoms with Crippen LogP contribution < -0.4 is 0 Å². The van der Waals surface area contributed by atoms with Crippen LogP contribution in [0, 0.1) is 0 Å². The number of aliphatic hydroxyl groups excluding tert-OH is 1. The Morgan fingerprint density at radius 1 is 1.25 bits per heavy atom. The molecular formula is C23H31BrN4O4. The molecule has 3 rings (SSSR count). The summed E-state index contributed by atoms with van der Waals surface area (Å²) in [6.07, 6.45) is 4.10. The lowest BCUT2D eigenvalue weighted by atomic mass is 10.0. The summed E-state index contributed by atoms with van der Waals surface area (Å²) in [7, 11) is 0. The van der Waals surface area contributed by atoms with Gasteiger partial charge in [0.25, 0.3) is 5.91 Å². The SMILES string of the molecule is CC(C)(C)OC(=O)N(CCO)C1CCN(C(=O)c2cncn2Cc2ccccc2Br)CC1. The predicted molar refractivity (Wildman–Crippen MR) is 124 cm³/mol. The third-order valence-corrected chi connectivity index (χ3v) is 6.16. The molecule has 0 radical (unpaired) electrons. The first kappa shape index (κ1) is 24.3. The van der Waals surface area contributed by atoms with Crippen molar-refractivity contribution in [3.05, 3.63) is 52.5 Å². The van der Waals surface area contributed by atoms with E-state index in [4.69, 9.17) is 4.74 Å². The molecule has 1 aromatic heterocycles. The fourth-order valence-electron chi connectivity index (χ4n) is 3.83. The van der Waals surface area contributed by atoms with Gasteiger partial charge in [0.15, 0.2) is 0 Å². The molecule has 1 N–H and O–H groups in total. The Morgan fingerprint density at radius 3 is 2.56 bits per heavy atom. The summed E-state index contributed by atoms with van der Waals surface area (Å²) in [5, 5.41) is 9.42. The van der Waals surface area contributed by atoms with Crippen LogP contribution in [0.5, 0.6) is 0 Å². The summed E-state index contributed by atoms with van der Waals surface area (Å²) >= 11 is 3.55. The van der Waals surface area contributed by atoms with E-state index < -0.39 is 11.7 Å². The van der Waals surface area contributed by atoms with Crippen molar-refractivity contribution in [1.29, 1.82) is 0 Å². The van der Waals surface area contributed by atoms with Gasteiger partial charge in [-0.2, -0.15) is 0 Å². The number of likely N-dealkylation sites (tertiary alicyclic amines) is 1. The van der Waals surface area contributed by atoms with Gasteiger partial charge >= 0.3 is 6.09 Å². The monoisotopic (exact) mass is 506 g/mol. The molecule has 2 aromatic rings. The lowest BCUT2D eigenvalue weighted by molar-refractivity contribution is 0.00474. The van der Waals surface area contributed by atoms with Crippen LogP contribution >= 0.6 is 15.9 Å². The van der Waals surface area contributed by atoms with Gasteiger partial charge < -0.3 is 24.2 Å². The highest BCUT2D eigenvalue weighted by atomic mass is 79.9. The van der Waals surface area contributed by atoms with Crippen molar-refractivity contribution in [3.8, 4) is 0 Å². The second kappa shape index (κ2) is 10.5. The molecule has 32 heavy (non-hydrogen) atoms. The number of nitrogens with zero attached hydrogens (tertiary/aromatic N) is 4. The number of piperidine rings is 1.